The predicted molar refractivity (Wildman–Crippen MR) is 85.7 cm³/mol. The van der Waals surface area contributed by atoms with Crippen LogP contribution in [0.1, 0.15) is 18.2 Å². The molecule has 0 saturated heterocycles. The Labute approximate surface area is 131 Å². The number of nitrogens with one attached hydrogen (secondary N) is 1. The maximum Gasteiger partial charge on any atom is 0.318 e. The zero-order valence-corrected chi connectivity index (χ0v) is 13.0. The van der Waals surface area contributed by atoms with Crippen molar-refractivity contribution >= 4 is 23.3 Å². The van der Waals surface area contributed by atoms with Gasteiger partial charge in [-0.2, -0.15) is 0 Å². The second-order valence-corrected chi connectivity index (χ2v) is 5.72. The van der Waals surface area contributed by atoms with E-state index in [1.54, 1.807) is 4.57 Å². The molecule has 1 heterocycles. The quantitative estimate of drug-likeness (QED) is 0.878. The fourth-order valence-corrected chi connectivity index (χ4v) is 3.19. The Kier molecular flexibility index (Phi) is 5.11. The maximum absolute atomic E-state index is 12.2. The summed E-state index contributed by atoms with van der Waals surface area (Å²) in [6, 6.07) is 8.69. The third kappa shape index (κ3) is 3.62. The number of imide groups is 1. The molecule has 3 amide bonds. The Morgan fingerprint density at radius 1 is 1.27 bits per heavy atom. The molecule has 7 heteroatoms. The van der Waals surface area contributed by atoms with Crippen molar-refractivity contribution in [3.63, 3.8) is 0 Å². The van der Waals surface area contributed by atoms with Crippen LogP contribution in [-0.2, 0) is 17.8 Å². The molecule has 22 heavy (non-hydrogen) atoms. The average Bonchev–Trinajstić information content (AvgIpc) is 2.81. The molecule has 0 spiro atoms. The molecule has 6 nitrogen and oxygen atoms in total. The number of aryl methyl sites for hydroxylation is 1. The molecule has 3 N–H and O–H groups in total. The molecule has 2 aromatic rings. The van der Waals surface area contributed by atoms with Crippen molar-refractivity contribution in [2.45, 2.75) is 26.3 Å². The van der Waals surface area contributed by atoms with E-state index in [9.17, 15) is 14.4 Å². The minimum atomic E-state index is -0.889. The van der Waals surface area contributed by atoms with Crippen molar-refractivity contribution < 1.29 is 9.59 Å². The lowest BCUT2D eigenvalue weighted by atomic mass is 10.1. The summed E-state index contributed by atoms with van der Waals surface area (Å²) in [6.07, 6.45) is 0.757. The number of amides is 3. The Balaban J connectivity index is 2.31. The highest BCUT2D eigenvalue weighted by Gasteiger charge is 2.16. The second kappa shape index (κ2) is 7.04. The van der Waals surface area contributed by atoms with Crippen molar-refractivity contribution in [1.29, 1.82) is 0 Å². The molecule has 116 valence electrons. The maximum atomic E-state index is 12.2. The monoisotopic (exact) mass is 319 g/mol. The third-order valence-corrected chi connectivity index (χ3v) is 4.28. The van der Waals surface area contributed by atoms with Gasteiger partial charge < -0.3 is 5.73 Å². The van der Waals surface area contributed by atoms with E-state index in [0.29, 0.717) is 0 Å². The summed E-state index contributed by atoms with van der Waals surface area (Å²) in [7, 11) is 0. The fourth-order valence-electron chi connectivity index (χ4n) is 2.22. The number of hydrogen-bond donors (Lipinski definition) is 2. The molecule has 0 saturated carbocycles. The van der Waals surface area contributed by atoms with Crippen LogP contribution in [0.2, 0.25) is 0 Å². The van der Waals surface area contributed by atoms with E-state index >= 15 is 0 Å². The summed E-state index contributed by atoms with van der Waals surface area (Å²) < 4.78 is 1.58. The summed E-state index contributed by atoms with van der Waals surface area (Å²) in [5.41, 5.74) is 6.68. The van der Waals surface area contributed by atoms with E-state index < -0.39 is 11.9 Å². The molecule has 0 aliphatic rings. The van der Waals surface area contributed by atoms with Gasteiger partial charge in [-0.15, -0.1) is 0 Å². The molecule has 1 aromatic carbocycles. The van der Waals surface area contributed by atoms with E-state index in [4.69, 9.17) is 5.73 Å². The number of nitrogens with zero attached hydrogens (tertiary/aromatic N) is 1. The van der Waals surface area contributed by atoms with E-state index in [2.05, 4.69) is 0 Å². The first-order chi connectivity index (χ1) is 10.5. The number of primary amides is 1. The molecule has 0 unspecified atom stereocenters. The number of hydrogen-bond acceptors (Lipinski definition) is 4. The first-order valence-electron chi connectivity index (χ1n) is 6.90. The van der Waals surface area contributed by atoms with Crippen LogP contribution >= 0.6 is 11.3 Å². The van der Waals surface area contributed by atoms with Crippen molar-refractivity contribution in [1.82, 2.24) is 9.88 Å². The average molecular weight is 319 g/mol. The van der Waals surface area contributed by atoms with Gasteiger partial charge in [0.25, 0.3) is 0 Å². The van der Waals surface area contributed by atoms with Gasteiger partial charge in [-0.05, 0) is 12.0 Å². The standard InChI is InChI=1S/C15H17N3O3S/c1-2-11-13(10-6-4-3-5-7-10)18(15(21)22-11)9-8-12(19)17-14(16)20/h3-7H,2,8-9H2,1H3,(H3,16,17,19,20). The number of rotatable bonds is 5. The molecular weight excluding hydrogens is 302 g/mol. The smallest absolute Gasteiger partial charge is 0.318 e. The summed E-state index contributed by atoms with van der Waals surface area (Å²) in [5.74, 6) is -0.498. The Morgan fingerprint density at radius 2 is 1.95 bits per heavy atom. The van der Waals surface area contributed by atoms with Crippen LogP contribution in [-0.4, -0.2) is 16.5 Å². The van der Waals surface area contributed by atoms with Crippen molar-refractivity contribution in [2.24, 2.45) is 5.73 Å². The van der Waals surface area contributed by atoms with Crippen LogP contribution in [0, 0.1) is 0 Å². The van der Waals surface area contributed by atoms with Gasteiger partial charge in [-0.1, -0.05) is 48.6 Å². The number of carbonyl (C=O) groups excluding carboxylic acids is 2. The molecule has 0 aliphatic heterocycles. The van der Waals surface area contributed by atoms with Crippen LogP contribution in [0.4, 0.5) is 4.79 Å². The highest BCUT2D eigenvalue weighted by Crippen LogP contribution is 2.26. The number of urea groups is 1. The Hall–Kier alpha value is -2.41. The zero-order valence-electron chi connectivity index (χ0n) is 12.2. The lowest BCUT2D eigenvalue weighted by Gasteiger charge is -2.09. The Morgan fingerprint density at radius 3 is 2.55 bits per heavy atom. The number of nitrogens with two attached hydrogens (primary N) is 1. The van der Waals surface area contributed by atoms with Gasteiger partial charge in [0.1, 0.15) is 0 Å². The van der Waals surface area contributed by atoms with Gasteiger partial charge in [0.15, 0.2) is 0 Å². The summed E-state index contributed by atoms with van der Waals surface area (Å²) in [4.78, 5) is 35.2. The molecule has 0 radical (unpaired) electrons. The minimum absolute atomic E-state index is 0.0164. The van der Waals surface area contributed by atoms with E-state index in [1.165, 1.54) is 11.3 Å². The van der Waals surface area contributed by atoms with Gasteiger partial charge in [-0.3, -0.25) is 19.5 Å². The largest absolute Gasteiger partial charge is 0.351 e. The van der Waals surface area contributed by atoms with Crippen molar-refractivity contribution in [3.05, 3.63) is 44.9 Å². The molecule has 0 fully saturated rings. The first kappa shape index (κ1) is 16.0. The van der Waals surface area contributed by atoms with Gasteiger partial charge >= 0.3 is 10.9 Å². The summed E-state index contributed by atoms with van der Waals surface area (Å²) in [6.45, 7) is 2.19. The van der Waals surface area contributed by atoms with Crippen LogP contribution in [0.15, 0.2) is 35.1 Å². The van der Waals surface area contributed by atoms with Gasteiger partial charge in [0.2, 0.25) is 5.91 Å². The Bertz CT molecular complexity index is 734. The molecule has 1 aromatic heterocycles. The van der Waals surface area contributed by atoms with Gasteiger partial charge in [0.05, 0.1) is 5.69 Å². The molecule has 0 bridgehead atoms. The summed E-state index contributed by atoms with van der Waals surface area (Å²) in [5, 5.41) is 2.00. The van der Waals surface area contributed by atoms with Crippen LogP contribution in [0.5, 0.6) is 0 Å². The highest BCUT2D eigenvalue weighted by atomic mass is 32.1. The molecular formula is C15H17N3O3S. The van der Waals surface area contributed by atoms with Gasteiger partial charge in [-0.25, -0.2) is 4.79 Å². The number of carbonyl (C=O) groups is 2. The normalized spacial score (nSPS) is 10.4. The van der Waals surface area contributed by atoms with Crippen molar-refractivity contribution in [2.75, 3.05) is 0 Å². The van der Waals surface area contributed by atoms with Crippen molar-refractivity contribution in [3.8, 4) is 11.3 Å². The molecule has 0 aliphatic carbocycles. The lowest BCUT2D eigenvalue weighted by Crippen LogP contribution is -2.35. The highest BCUT2D eigenvalue weighted by molar-refractivity contribution is 7.09. The topological polar surface area (TPSA) is 94.2 Å². The third-order valence-electron chi connectivity index (χ3n) is 3.16. The first-order valence-corrected chi connectivity index (χ1v) is 7.71. The van der Waals surface area contributed by atoms with Gasteiger partial charge in [0, 0.05) is 17.8 Å². The number of aromatic nitrogens is 1. The number of thiazole rings is 1. The van der Waals surface area contributed by atoms with Crippen LogP contribution in [0.3, 0.4) is 0 Å². The molecule has 2 rings (SSSR count). The summed E-state index contributed by atoms with van der Waals surface area (Å²) >= 11 is 1.19. The SMILES string of the molecule is CCc1sc(=O)n(CCC(=O)NC(N)=O)c1-c1ccccc1. The lowest BCUT2D eigenvalue weighted by molar-refractivity contribution is -0.120. The predicted octanol–water partition coefficient (Wildman–Crippen LogP) is 1.72. The molecule has 0 atom stereocenters. The second-order valence-electron chi connectivity index (χ2n) is 4.67. The minimum Gasteiger partial charge on any atom is -0.351 e. The zero-order chi connectivity index (χ0) is 16.1. The van der Waals surface area contributed by atoms with Crippen LogP contribution < -0.4 is 15.9 Å². The number of benzene rings is 1. The van der Waals surface area contributed by atoms with E-state index in [-0.39, 0.29) is 17.8 Å². The fraction of sp³-hybridized carbons (Fsp3) is 0.267. The van der Waals surface area contributed by atoms with E-state index in [1.807, 2.05) is 42.6 Å². The van der Waals surface area contributed by atoms with E-state index in [0.717, 1.165) is 22.6 Å². The van der Waals surface area contributed by atoms with Crippen LogP contribution in [0.25, 0.3) is 11.3 Å².